The summed E-state index contributed by atoms with van der Waals surface area (Å²) >= 11 is 0. The predicted molar refractivity (Wildman–Crippen MR) is 57.8 cm³/mol. The van der Waals surface area contributed by atoms with E-state index in [0.717, 1.165) is 0 Å². The summed E-state index contributed by atoms with van der Waals surface area (Å²) in [5.74, 6) is -0.00263. The van der Waals surface area contributed by atoms with E-state index in [-0.39, 0.29) is 0 Å². The first-order chi connectivity index (χ1) is 7.65. The number of halogens is 2. The predicted octanol–water partition coefficient (Wildman–Crippen LogP) is 2.38. The Labute approximate surface area is 93.6 Å². The number of nitrogens with one attached hydrogen (secondary N) is 1. The quantitative estimate of drug-likeness (QED) is 0.837. The molecule has 1 aliphatic rings. The minimum atomic E-state index is -1.47. The summed E-state index contributed by atoms with van der Waals surface area (Å²) in [6.45, 7) is 1.21. The average molecular weight is 227 g/mol. The molecule has 16 heavy (non-hydrogen) atoms. The van der Waals surface area contributed by atoms with E-state index in [9.17, 15) is 8.78 Å². The van der Waals surface area contributed by atoms with Gasteiger partial charge in [0.2, 0.25) is 0 Å². The summed E-state index contributed by atoms with van der Waals surface area (Å²) in [5.41, 5.74) is -1.14. The lowest BCUT2D eigenvalue weighted by atomic mass is 9.86. The molecular formula is C12H15F2NO. The van der Waals surface area contributed by atoms with Crippen molar-refractivity contribution in [3.8, 4) is 5.75 Å². The maximum Gasteiger partial charge on any atom is 0.142 e. The minimum absolute atomic E-state index is 0.330. The molecule has 0 aliphatic carbocycles. The lowest BCUT2D eigenvalue weighted by Gasteiger charge is -2.31. The lowest BCUT2D eigenvalue weighted by molar-refractivity contribution is 0.111. The first-order valence-electron chi connectivity index (χ1n) is 5.39. The standard InChI is InChI=1S/C12H15F2NO/c1-16-11-3-2-9(13)8-10(11)12(14)4-6-15-7-5-12/h2-3,8,15H,4-7H2,1H3. The van der Waals surface area contributed by atoms with Crippen LogP contribution in [0.1, 0.15) is 18.4 Å². The van der Waals surface area contributed by atoms with E-state index in [1.54, 1.807) is 0 Å². The summed E-state index contributed by atoms with van der Waals surface area (Å²) in [6, 6.07) is 4.00. The second-order valence-corrected chi connectivity index (χ2v) is 4.06. The number of piperidine rings is 1. The number of benzene rings is 1. The van der Waals surface area contributed by atoms with Gasteiger partial charge in [0.15, 0.2) is 0 Å². The molecule has 1 saturated heterocycles. The molecule has 2 nitrogen and oxygen atoms in total. The van der Waals surface area contributed by atoms with E-state index in [4.69, 9.17) is 4.74 Å². The highest BCUT2D eigenvalue weighted by molar-refractivity contribution is 5.39. The van der Waals surface area contributed by atoms with E-state index in [1.807, 2.05) is 0 Å². The van der Waals surface area contributed by atoms with Crippen LogP contribution in [0.3, 0.4) is 0 Å². The van der Waals surface area contributed by atoms with Crippen molar-refractivity contribution in [1.29, 1.82) is 0 Å². The van der Waals surface area contributed by atoms with Crippen LogP contribution in [0.2, 0.25) is 0 Å². The number of alkyl halides is 1. The molecule has 1 N–H and O–H groups in total. The molecule has 1 heterocycles. The van der Waals surface area contributed by atoms with Gasteiger partial charge in [-0.05, 0) is 44.1 Å². The van der Waals surface area contributed by atoms with Crippen molar-refractivity contribution in [2.45, 2.75) is 18.5 Å². The van der Waals surface area contributed by atoms with Gasteiger partial charge in [-0.25, -0.2) is 8.78 Å². The molecule has 0 radical (unpaired) electrons. The fourth-order valence-electron chi connectivity index (χ4n) is 2.12. The highest BCUT2D eigenvalue weighted by atomic mass is 19.1. The number of ether oxygens (including phenoxy) is 1. The molecule has 0 amide bonds. The Hall–Kier alpha value is -1.16. The molecular weight excluding hydrogens is 212 g/mol. The third kappa shape index (κ3) is 2.02. The van der Waals surface area contributed by atoms with Crippen molar-refractivity contribution < 1.29 is 13.5 Å². The summed E-state index contributed by atoms with van der Waals surface area (Å²) in [6.07, 6.45) is 0.708. The zero-order valence-corrected chi connectivity index (χ0v) is 9.22. The van der Waals surface area contributed by atoms with Gasteiger partial charge in [-0.1, -0.05) is 0 Å². The molecule has 1 fully saturated rings. The third-order valence-corrected chi connectivity index (χ3v) is 3.04. The highest BCUT2D eigenvalue weighted by Gasteiger charge is 2.36. The van der Waals surface area contributed by atoms with Crippen molar-refractivity contribution >= 4 is 0 Å². The second-order valence-electron chi connectivity index (χ2n) is 4.06. The van der Waals surface area contributed by atoms with Gasteiger partial charge in [-0.15, -0.1) is 0 Å². The van der Waals surface area contributed by atoms with Gasteiger partial charge >= 0.3 is 0 Å². The van der Waals surface area contributed by atoms with Crippen molar-refractivity contribution in [3.63, 3.8) is 0 Å². The summed E-state index contributed by atoms with van der Waals surface area (Å²) < 4.78 is 32.9. The molecule has 88 valence electrons. The highest BCUT2D eigenvalue weighted by Crippen LogP contribution is 2.40. The van der Waals surface area contributed by atoms with E-state index >= 15 is 0 Å². The van der Waals surface area contributed by atoms with Crippen molar-refractivity contribution in [2.75, 3.05) is 20.2 Å². The van der Waals surface area contributed by atoms with Crippen LogP contribution >= 0.6 is 0 Å². The fourth-order valence-corrected chi connectivity index (χ4v) is 2.12. The molecule has 0 unspecified atom stereocenters. The maximum absolute atomic E-state index is 14.6. The van der Waals surface area contributed by atoms with Crippen LogP contribution in [0.5, 0.6) is 5.75 Å². The number of hydrogen-bond acceptors (Lipinski definition) is 2. The zero-order chi connectivity index (χ0) is 11.6. The smallest absolute Gasteiger partial charge is 0.142 e. The summed E-state index contributed by atoms with van der Waals surface area (Å²) in [4.78, 5) is 0. The van der Waals surface area contributed by atoms with Gasteiger partial charge in [0, 0.05) is 5.56 Å². The van der Waals surface area contributed by atoms with Crippen molar-refractivity contribution in [3.05, 3.63) is 29.6 Å². The normalized spacial score (nSPS) is 19.4. The van der Waals surface area contributed by atoms with Gasteiger partial charge in [0.1, 0.15) is 17.2 Å². The SMILES string of the molecule is COc1ccc(F)cc1C1(F)CCNCC1. The van der Waals surface area contributed by atoms with E-state index in [1.165, 1.54) is 25.3 Å². The molecule has 1 aliphatic heterocycles. The number of rotatable bonds is 2. The van der Waals surface area contributed by atoms with Gasteiger partial charge in [0.25, 0.3) is 0 Å². The van der Waals surface area contributed by atoms with Crippen LogP contribution < -0.4 is 10.1 Å². The number of methoxy groups -OCH3 is 1. The van der Waals surface area contributed by atoms with Gasteiger partial charge in [-0.3, -0.25) is 0 Å². The van der Waals surface area contributed by atoms with Crippen molar-refractivity contribution in [1.82, 2.24) is 5.32 Å². The molecule has 4 heteroatoms. The van der Waals surface area contributed by atoms with E-state index in [0.29, 0.717) is 37.2 Å². The van der Waals surface area contributed by atoms with E-state index < -0.39 is 11.5 Å². The van der Waals surface area contributed by atoms with Crippen LogP contribution in [-0.4, -0.2) is 20.2 Å². The molecule has 0 atom stereocenters. The van der Waals surface area contributed by atoms with Gasteiger partial charge < -0.3 is 10.1 Å². The monoisotopic (exact) mass is 227 g/mol. The molecule has 0 spiro atoms. The molecule has 0 aromatic heterocycles. The molecule has 1 aromatic rings. The molecule has 0 bridgehead atoms. The third-order valence-electron chi connectivity index (χ3n) is 3.04. The van der Waals surface area contributed by atoms with Crippen LogP contribution in [0.25, 0.3) is 0 Å². The van der Waals surface area contributed by atoms with Crippen molar-refractivity contribution in [2.24, 2.45) is 0 Å². The summed E-state index contributed by atoms with van der Waals surface area (Å²) in [7, 11) is 1.47. The zero-order valence-electron chi connectivity index (χ0n) is 9.22. The topological polar surface area (TPSA) is 21.3 Å². The Bertz CT molecular complexity index is 375. The van der Waals surface area contributed by atoms with Gasteiger partial charge in [-0.2, -0.15) is 0 Å². The lowest BCUT2D eigenvalue weighted by Crippen LogP contribution is -2.37. The van der Waals surface area contributed by atoms with E-state index in [2.05, 4.69) is 5.32 Å². The minimum Gasteiger partial charge on any atom is -0.496 e. The molecule has 1 aromatic carbocycles. The second kappa shape index (κ2) is 4.37. The Morgan fingerprint density at radius 3 is 2.62 bits per heavy atom. The first-order valence-corrected chi connectivity index (χ1v) is 5.39. The summed E-state index contributed by atoms with van der Waals surface area (Å²) in [5, 5.41) is 3.09. The first kappa shape index (κ1) is 11.3. The molecule has 0 saturated carbocycles. The maximum atomic E-state index is 14.6. The Balaban J connectivity index is 2.40. The van der Waals surface area contributed by atoms with Crippen LogP contribution in [0.4, 0.5) is 8.78 Å². The van der Waals surface area contributed by atoms with Crippen LogP contribution in [-0.2, 0) is 5.67 Å². The Morgan fingerprint density at radius 1 is 1.31 bits per heavy atom. The molecule has 2 rings (SSSR count). The fraction of sp³-hybridized carbons (Fsp3) is 0.500. The number of hydrogen-bond donors (Lipinski definition) is 1. The average Bonchev–Trinajstić information content (AvgIpc) is 2.30. The Kier molecular flexibility index (Phi) is 3.10. The largest absolute Gasteiger partial charge is 0.496 e. The van der Waals surface area contributed by atoms with Crippen LogP contribution in [0, 0.1) is 5.82 Å². The Morgan fingerprint density at radius 2 is 2.00 bits per heavy atom. The van der Waals surface area contributed by atoms with Gasteiger partial charge in [0.05, 0.1) is 7.11 Å². The van der Waals surface area contributed by atoms with Crippen LogP contribution in [0.15, 0.2) is 18.2 Å².